The zero-order valence-electron chi connectivity index (χ0n) is 14.1. The monoisotopic (exact) mass is 341 g/mol. The van der Waals surface area contributed by atoms with Gasteiger partial charge in [-0.3, -0.25) is 0 Å². The number of anilines is 2. The minimum Gasteiger partial charge on any atom is -0.486 e. The standard InChI is InChI=1S/C18H23N5O2/c19-18-22-14-7-9-20-8-6-13(14)17(23-18)21-10-5-12-11-24-15-3-1-2-4-16(15)25-12/h1-4,12,20H,5-11H2,(H3,19,21,22,23)/t12-/m1/s1. The second-order valence-corrected chi connectivity index (χ2v) is 6.32. The summed E-state index contributed by atoms with van der Waals surface area (Å²) in [6.45, 7) is 3.17. The van der Waals surface area contributed by atoms with Crippen LogP contribution in [0.2, 0.25) is 0 Å². The summed E-state index contributed by atoms with van der Waals surface area (Å²) in [4.78, 5) is 8.80. The van der Waals surface area contributed by atoms with E-state index in [0.29, 0.717) is 12.6 Å². The summed E-state index contributed by atoms with van der Waals surface area (Å²) in [5.74, 6) is 2.80. The number of aromatic nitrogens is 2. The van der Waals surface area contributed by atoms with Crippen molar-refractivity contribution in [2.24, 2.45) is 0 Å². The van der Waals surface area contributed by atoms with Gasteiger partial charge in [-0.15, -0.1) is 0 Å². The van der Waals surface area contributed by atoms with Crippen LogP contribution < -0.4 is 25.8 Å². The first-order valence-corrected chi connectivity index (χ1v) is 8.78. The molecule has 132 valence electrons. The van der Waals surface area contributed by atoms with Crippen LogP contribution in [0.3, 0.4) is 0 Å². The van der Waals surface area contributed by atoms with Crippen LogP contribution in [0.15, 0.2) is 24.3 Å². The Labute approximate surface area is 147 Å². The molecule has 0 spiro atoms. The van der Waals surface area contributed by atoms with Crippen molar-refractivity contribution in [2.75, 3.05) is 37.3 Å². The zero-order chi connectivity index (χ0) is 17.1. The average molecular weight is 341 g/mol. The van der Waals surface area contributed by atoms with Crippen LogP contribution in [0.5, 0.6) is 11.5 Å². The van der Waals surface area contributed by atoms with Gasteiger partial charge in [-0.1, -0.05) is 12.1 Å². The third kappa shape index (κ3) is 3.61. The molecule has 0 radical (unpaired) electrons. The smallest absolute Gasteiger partial charge is 0.222 e. The zero-order valence-corrected chi connectivity index (χ0v) is 14.1. The number of hydrogen-bond donors (Lipinski definition) is 3. The van der Waals surface area contributed by atoms with E-state index in [1.807, 2.05) is 24.3 Å². The molecule has 1 atom stereocenters. The molecule has 25 heavy (non-hydrogen) atoms. The van der Waals surface area contributed by atoms with E-state index in [9.17, 15) is 0 Å². The van der Waals surface area contributed by atoms with E-state index in [0.717, 1.165) is 61.9 Å². The molecule has 0 bridgehead atoms. The van der Waals surface area contributed by atoms with Crippen LogP contribution in [-0.2, 0) is 12.8 Å². The largest absolute Gasteiger partial charge is 0.486 e. The van der Waals surface area contributed by atoms with Crippen LogP contribution in [-0.4, -0.2) is 42.3 Å². The third-order valence-electron chi connectivity index (χ3n) is 4.53. The lowest BCUT2D eigenvalue weighted by Gasteiger charge is -2.26. The number of rotatable bonds is 4. The third-order valence-corrected chi connectivity index (χ3v) is 4.53. The number of para-hydroxylation sites is 2. The maximum atomic E-state index is 5.99. The van der Waals surface area contributed by atoms with Gasteiger partial charge in [0.15, 0.2) is 11.5 Å². The number of benzene rings is 1. The van der Waals surface area contributed by atoms with Gasteiger partial charge in [0.25, 0.3) is 0 Å². The van der Waals surface area contributed by atoms with E-state index >= 15 is 0 Å². The van der Waals surface area contributed by atoms with Gasteiger partial charge >= 0.3 is 0 Å². The molecule has 4 N–H and O–H groups in total. The Morgan fingerprint density at radius 3 is 2.92 bits per heavy atom. The molecule has 2 aliphatic rings. The summed E-state index contributed by atoms with van der Waals surface area (Å²) in [5.41, 5.74) is 8.09. The molecule has 7 heteroatoms. The predicted octanol–water partition coefficient (Wildman–Crippen LogP) is 1.39. The van der Waals surface area contributed by atoms with E-state index in [1.165, 1.54) is 5.56 Å². The molecule has 3 heterocycles. The van der Waals surface area contributed by atoms with Gasteiger partial charge in [0.1, 0.15) is 18.5 Å². The highest BCUT2D eigenvalue weighted by Gasteiger charge is 2.21. The first kappa shape index (κ1) is 16.0. The van der Waals surface area contributed by atoms with E-state index < -0.39 is 0 Å². The molecule has 4 rings (SSSR count). The molecule has 0 saturated carbocycles. The van der Waals surface area contributed by atoms with Crippen molar-refractivity contribution in [2.45, 2.75) is 25.4 Å². The lowest BCUT2D eigenvalue weighted by molar-refractivity contribution is 0.0873. The Kier molecular flexibility index (Phi) is 4.56. The van der Waals surface area contributed by atoms with Crippen molar-refractivity contribution in [3.05, 3.63) is 35.5 Å². The highest BCUT2D eigenvalue weighted by molar-refractivity contribution is 5.50. The highest BCUT2D eigenvalue weighted by atomic mass is 16.6. The molecule has 7 nitrogen and oxygen atoms in total. The number of nitrogens with two attached hydrogens (primary N) is 1. The number of nitrogen functional groups attached to an aromatic ring is 1. The Balaban J connectivity index is 1.39. The highest BCUT2D eigenvalue weighted by Crippen LogP contribution is 2.31. The molecule has 0 unspecified atom stereocenters. The number of ether oxygens (including phenoxy) is 2. The Morgan fingerprint density at radius 1 is 1.16 bits per heavy atom. The number of nitrogens with one attached hydrogen (secondary N) is 2. The second-order valence-electron chi connectivity index (χ2n) is 6.32. The summed E-state index contributed by atoms with van der Waals surface area (Å²) in [6.07, 6.45) is 2.65. The van der Waals surface area contributed by atoms with Crippen molar-refractivity contribution in [3.63, 3.8) is 0 Å². The number of nitrogens with zero attached hydrogens (tertiary/aromatic N) is 2. The van der Waals surface area contributed by atoms with E-state index in [1.54, 1.807) is 0 Å². The quantitative estimate of drug-likeness (QED) is 0.773. The van der Waals surface area contributed by atoms with Crippen molar-refractivity contribution in [3.8, 4) is 11.5 Å². The van der Waals surface area contributed by atoms with E-state index in [-0.39, 0.29) is 6.10 Å². The van der Waals surface area contributed by atoms with Crippen molar-refractivity contribution < 1.29 is 9.47 Å². The normalized spacial score (nSPS) is 19.0. The molecular formula is C18H23N5O2. The molecule has 2 aliphatic heterocycles. The Hall–Kier alpha value is -2.54. The van der Waals surface area contributed by atoms with Gasteiger partial charge in [-0.05, 0) is 25.1 Å². The number of fused-ring (bicyclic) bond motifs is 2. The summed E-state index contributed by atoms with van der Waals surface area (Å²) < 4.78 is 11.8. The summed E-state index contributed by atoms with van der Waals surface area (Å²) in [5, 5.41) is 6.80. The van der Waals surface area contributed by atoms with Crippen LogP contribution in [0.1, 0.15) is 17.7 Å². The summed E-state index contributed by atoms with van der Waals surface area (Å²) >= 11 is 0. The van der Waals surface area contributed by atoms with Crippen LogP contribution in [0, 0.1) is 0 Å². The minimum atomic E-state index is 0.0295. The second kappa shape index (κ2) is 7.14. The van der Waals surface area contributed by atoms with E-state index in [2.05, 4.69) is 20.6 Å². The Morgan fingerprint density at radius 2 is 2.00 bits per heavy atom. The fourth-order valence-electron chi connectivity index (χ4n) is 3.27. The lowest BCUT2D eigenvalue weighted by atomic mass is 10.1. The maximum Gasteiger partial charge on any atom is 0.222 e. The van der Waals surface area contributed by atoms with Crippen molar-refractivity contribution in [1.82, 2.24) is 15.3 Å². The SMILES string of the molecule is Nc1nc2c(c(NCC[C@@H]3COc4ccccc4O3)n1)CCNCC2. The fraction of sp³-hybridized carbons (Fsp3) is 0.444. The van der Waals surface area contributed by atoms with Crippen LogP contribution in [0.25, 0.3) is 0 Å². The first-order valence-electron chi connectivity index (χ1n) is 8.78. The van der Waals surface area contributed by atoms with Gasteiger partial charge in [0.2, 0.25) is 5.95 Å². The topological polar surface area (TPSA) is 94.3 Å². The average Bonchev–Trinajstić information content (AvgIpc) is 2.87. The molecule has 0 amide bonds. The van der Waals surface area contributed by atoms with Gasteiger partial charge in [-0.2, -0.15) is 4.98 Å². The van der Waals surface area contributed by atoms with Gasteiger partial charge in [0.05, 0.1) is 5.69 Å². The van der Waals surface area contributed by atoms with Gasteiger partial charge < -0.3 is 25.8 Å². The van der Waals surface area contributed by atoms with Gasteiger partial charge in [-0.25, -0.2) is 4.98 Å². The van der Waals surface area contributed by atoms with Gasteiger partial charge in [0, 0.05) is 31.5 Å². The molecule has 2 aromatic rings. The van der Waals surface area contributed by atoms with E-state index in [4.69, 9.17) is 15.2 Å². The maximum absolute atomic E-state index is 5.99. The number of hydrogen-bond acceptors (Lipinski definition) is 7. The molecule has 1 aromatic heterocycles. The molecule has 0 saturated heterocycles. The molecule has 0 aliphatic carbocycles. The summed E-state index contributed by atoms with van der Waals surface area (Å²) in [6, 6.07) is 7.77. The molecular weight excluding hydrogens is 318 g/mol. The fourth-order valence-corrected chi connectivity index (χ4v) is 3.27. The van der Waals surface area contributed by atoms with Crippen molar-refractivity contribution in [1.29, 1.82) is 0 Å². The molecule has 1 aromatic carbocycles. The lowest BCUT2D eigenvalue weighted by Crippen LogP contribution is -2.31. The van der Waals surface area contributed by atoms with Crippen LogP contribution in [0.4, 0.5) is 11.8 Å². The van der Waals surface area contributed by atoms with Crippen molar-refractivity contribution >= 4 is 11.8 Å². The predicted molar refractivity (Wildman–Crippen MR) is 96.2 cm³/mol. The summed E-state index contributed by atoms with van der Waals surface area (Å²) in [7, 11) is 0. The Bertz CT molecular complexity index is 752. The molecule has 0 fully saturated rings. The van der Waals surface area contributed by atoms with Crippen LogP contribution >= 0.6 is 0 Å². The minimum absolute atomic E-state index is 0.0295. The first-order chi connectivity index (χ1) is 12.3.